The highest BCUT2D eigenvalue weighted by Crippen LogP contribution is 2.04. The summed E-state index contributed by atoms with van der Waals surface area (Å²) in [6.45, 7) is 15.2. The molecule has 0 fully saturated rings. The Bertz CT molecular complexity index is 110. The highest BCUT2D eigenvalue weighted by atomic mass is 16.5. The van der Waals surface area contributed by atoms with Gasteiger partial charge in [0.1, 0.15) is 0 Å². The van der Waals surface area contributed by atoms with Crippen molar-refractivity contribution < 1.29 is 9.47 Å². The Morgan fingerprint density at radius 2 is 1.25 bits per heavy atom. The van der Waals surface area contributed by atoms with E-state index in [0.29, 0.717) is 0 Å². The first-order valence-corrected chi connectivity index (χ1v) is 6.69. The van der Waals surface area contributed by atoms with Gasteiger partial charge >= 0.3 is 0 Å². The Labute approximate surface area is 103 Å². The summed E-state index contributed by atoms with van der Waals surface area (Å²) in [4.78, 5) is 0. The summed E-state index contributed by atoms with van der Waals surface area (Å²) < 4.78 is 10.5. The van der Waals surface area contributed by atoms with Crippen LogP contribution in [-0.2, 0) is 9.47 Å². The smallest absolute Gasteiger partial charge is 0.0598 e. The first-order chi connectivity index (χ1) is 7.47. The van der Waals surface area contributed by atoms with Crippen LogP contribution in [0.1, 0.15) is 67.2 Å². The molecular weight excluding hydrogens is 200 g/mol. The largest absolute Gasteiger partial charge is 0.381 e. The second-order valence-electron chi connectivity index (χ2n) is 4.86. The number of hydrogen-bond acceptors (Lipinski definition) is 2. The van der Waals surface area contributed by atoms with Crippen LogP contribution in [0.5, 0.6) is 0 Å². The van der Waals surface area contributed by atoms with Crippen molar-refractivity contribution in [2.75, 3.05) is 19.8 Å². The minimum atomic E-state index is 0.0503. The average molecular weight is 232 g/mol. The van der Waals surface area contributed by atoms with Gasteiger partial charge < -0.3 is 9.47 Å². The van der Waals surface area contributed by atoms with Gasteiger partial charge in [0.2, 0.25) is 0 Å². The van der Waals surface area contributed by atoms with E-state index in [9.17, 15) is 0 Å². The maximum atomic E-state index is 5.31. The van der Waals surface area contributed by atoms with Crippen molar-refractivity contribution in [3.05, 3.63) is 0 Å². The van der Waals surface area contributed by atoms with Gasteiger partial charge in [-0.05, 0) is 40.5 Å². The summed E-state index contributed by atoms with van der Waals surface area (Å²) in [5.41, 5.74) is 0.0503. The monoisotopic (exact) mass is 232 g/mol. The van der Waals surface area contributed by atoms with Gasteiger partial charge in [0.05, 0.1) is 5.60 Å². The van der Waals surface area contributed by atoms with Gasteiger partial charge in [-0.3, -0.25) is 0 Å². The fraction of sp³-hybridized carbons (Fsp3) is 1.00. The molecule has 0 bridgehead atoms. The van der Waals surface area contributed by atoms with Gasteiger partial charge in [-0.25, -0.2) is 0 Å². The van der Waals surface area contributed by atoms with E-state index in [4.69, 9.17) is 9.47 Å². The SMILES string of the molecule is CCCCOCCCC.CCOC(C)(C)C. The first-order valence-electron chi connectivity index (χ1n) is 6.69. The van der Waals surface area contributed by atoms with Crippen LogP contribution in [0.4, 0.5) is 0 Å². The quantitative estimate of drug-likeness (QED) is 0.605. The molecule has 0 aliphatic rings. The predicted molar refractivity (Wildman–Crippen MR) is 72.0 cm³/mol. The highest BCUT2D eigenvalue weighted by molar-refractivity contribution is 4.56. The zero-order valence-corrected chi connectivity index (χ0v) is 12.3. The van der Waals surface area contributed by atoms with Gasteiger partial charge in [-0.15, -0.1) is 0 Å². The van der Waals surface area contributed by atoms with E-state index in [1.165, 1.54) is 25.7 Å². The second-order valence-corrected chi connectivity index (χ2v) is 4.86. The Kier molecular flexibility index (Phi) is 14.8. The lowest BCUT2D eigenvalue weighted by Crippen LogP contribution is -2.18. The highest BCUT2D eigenvalue weighted by Gasteiger charge is 2.06. The molecule has 0 aliphatic heterocycles. The molecule has 0 aromatic heterocycles. The van der Waals surface area contributed by atoms with E-state index >= 15 is 0 Å². The Morgan fingerprint density at radius 3 is 1.44 bits per heavy atom. The zero-order valence-electron chi connectivity index (χ0n) is 12.3. The van der Waals surface area contributed by atoms with Crippen LogP contribution >= 0.6 is 0 Å². The zero-order chi connectivity index (χ0) is 12.9. The maximum Gasteiger partial charge on any atom is 0.0598 e. The van der Waals surface area contributed by atoms with Crippen LogP contribution in [-0.4, -0.2) is 25.4 Å². The van der Waals surface area contributed by atoms with Crippen LogP contribution in [0.2, 0.25) is 0 Å². The molecule has 0 aliphatic carbocycles. The van der Waals surface area contributed by atoms with Crippen LogP contribution in [0, 0.1) is 0 Å². The van der Waals surface area contributed by atoms with Gasteiger partial charge in [0.15, 0.2) is 0 Å². The molecular formula is C14H32O2. The molecule has 0 rings (SSSR count). The number of hydrogen-bond donors (Lipinski definition) is 0. The Balaban J connectivity index is 0. The van der Waals surface area contributed by atoms with Crippen LogP contribution in [0.25, 0.3) is 0 Å². The first kappa shape index (κ1) is 18.3. The standard InChI is InChI=1S/C8H18O.C6H14O/c1-3-5-7-9-8-6-4-2;1-5-7-6(2,3)4/h3-8H2,1-2H3;5H2,1-4H3. The van der Waals surface area contributed by atoms with Crippen molar-refractivity contribution >= 4 is 0 Å². The molecule has 2 nitrogen and oxygen atoms in total. The summed E-state index contributed by atoms with van der Waals surface area (Å²) in [5, 5.41) is 0. The molecule has 16 heavy (non-hydrogen) atoms. The predicted octanol–water partition coefficient (Wildman–Crippen LogP) is 4.42. The molecule has 0 saturated heterocycles. The second kappa shape index (κ2) is 13.0. The van der Waals surface area contributed by atoms with Gasteiger partial charge in [-0.2, -0.15) is 0 Å². The number of ether oxygens (including phenoxy) is 2. The summed E-state index contributed by atoms with van der Waals surface area (Å²) >= 11 is 0. The summed E-state index contributed by atoms with van der Waals surface area (Å²) in [6.07, 6.45) is 4.91. The van der Waals surface area contributed by atoms with Crippen molar-refractivity contribution in [1.82, 2.24) is 0 Å². The van der Waals surface area contributed by atoms with Crippen molar-refractivity contribution in [2.24, 2.45) is 0 Å². The van der Waals surface area contributed by atoms with E-state index in [0.717, 1.165) is 19.8 Å². The van der Waals surface area contributed by atoms with Crippen molar-refractivity contribution in [3.63, 3.8) is 0 Å². The van der Waals surface area contributed by atoms with Gasteiger partial charge in [0.25, 0.3) is 0 Å². The van der Waals surface area contributed by atoms with Crippen molar-refractivity contribution in [1.29, 1.82) is 0 Å². The van der Waals surface area contributed by atoms with Crippen LogP contribution in [0.3, 0.4) is 0 Å². The summed E-state index contributed by atoms with van der Waals surface area (Å²) in [6, 6.07) is 0. The van der Waals surface area contributed by atoms with E-state index < -0.39 is 0 Å². The molecule has 0 N–H and O–H groups in total. The maximum absolute atomic E-state index is 5.31. The van der Waals surface area contributed by atoms with Crippen LogP contribution < -0.4 is 0 Å². The lowest BCUT2D eigenvalue weighted by molar-refractivity contribution is 0.00532. The topological polar surface area (TPSA) is 18.5 Å². The van der Waals surface area contributed by atoms with E-state index in [-0.39, 0.29) is 5.60 Å². The third-order valence-electron chi connectivity index (χ3n) is 1.86. The molecule has 0 spiro atoms. The fourth-order valence-electron chi connectivity index (χ4n) is 1.03. The molecule has 0 heterocycles. The normalized spacial score (nSPS) is 10.9. The number of unbranched alkanes of at least 4 members (excludes halogenated alkanes) is 2. The third-order valence-corrected chi connectivity index (χ3v) is 1.86. The minimum Gasteiger partial charge on any atom is -0.381 e. The lowest BCUT2D eigenvalue weighted by atomic mass is 10.2. The minimum absolute atomic E-state index is 0.0503. The van der Waals surface area contributed by atoms with Gasteiger partial charge in [-0.1, -0.05) is 26.7 Å². The molecule has 0 radical (unpaired) electrons. The molecule has 0 aromatic carbocycles. The summed E-state index contributed by atoms with van der Waals surface area (Å²) in [5.74, 6) is 0. The van der Waals surface area contributed by atoms with E-state index in [2.05, 4.69) is 34.6 Å². The average Bonchev–Trinajstić information content (AvgIpc) is 2.17. The van der Waals surface area contributed by atoms with E-state index in [1.807, 2.05) is 6.92 Å². The summed E-state index contributed by atoms with van der Waals surface area (Å²) in [7, 11) is 0. The molecule has 0 atom stereocenters. The molecule has 0 aromatic rings. The third kappa shape index (κ3) is 23.6. The van der Waals surface area contributed by atoms with Crippen LogP contribution in [0.15, 0.2) is 0 Å². The number of rotatable bonds is 7. The molecule has 100 valence electrons. The molecule has 2 heteroatoms. The molecule has 0 unspecified atom stereocenters. The fourth-order valence-corrected chi connectivity index (χ4v) is 1.03. The molecule has 0 amide bonds. The molecule has 0 saturated carbocycles. The Hall–Kier alpha value is -0.0800. The van der Waals surface area contributed by atoms with Crippen molar-refractivity contribution in [2.45, 2.75) is 72.8 Å². The van der Waals surface area contributed by atoms with E-state index in [1.54, 1.807) is 0 Å². The lowest BCUT2D eigenvalue weighted by Gasteiger charge is -2.17. The Morgan fingerprint density at radius 1 is 0.812 bits per heavy atom. The van der Waals surface area contributed by atoms with Crippen molar-refractivity contribution in [3.8, 4) is 0 Å². The van der Waals surface area contributed by atoms with Gasteiger partial charge in [0, 0.05) is 19.8 Å².